The number of carbonyl (C=O) groups excluding carboxylic acids is 2. The molecule has 1 fully saturated rings. The number of nitrogens with one attached hydrogen (secondary N) is 2. The average Bonchev–Trinajstić information content (AvgIpc) is 2.71. The van der Waals surface area contributed by atoms with E-state index in [1.165, 1.54) is 13.0 Å². The first kappa shape index (κ1) is 22.8. The fourth-order valence-corrected chi connectivity index (χ4v) is 3.39. The number of pyridine rings is 1. The van der Waals surface area contributed by atoms with Gasteiger partial charge in [0.25, 0.3) is 0 Å². The molecule has 0 saturated carbocycles. The highest BCUT2D eigenvalue weighted by atomic mass is 16.3. The van der Waals surface area contributed by atoms with Crippen LogP contribution in [-0.4, -0.2) is 71.8 Å². The summed E-state index contributed by atoms with van der Waals surface area (Å²) in [5.74, 6) is 0.701. The van der Waals surface area contributed by atoms with E-state index in [1.807, 2.05) is 30.0 Å². The molecular weight excluding hydrogens is 370 g/mol. The van der Waals surface area contributed by atoms with Crippen LogP contribution in [-0.2, 0) is 9.59 Å². The van der Waals surface area contributed by atoms with Crippen molar-refractivity contribution < 1.29 is 14.7 Å². The van der Waals surface area contributed by atoms with Gasteiger partial charge in [-0.15, -0.1) is 0 Å². The average molecular weight is 404 g/mol. The second-order valence-electron chi connectivity index (χ2n) is 7.33. The minimum Gasteiger partial charge on any atom is -0.375 e. The molecule has 1 aliphatic heterocycles. The number of piperazine rings is 1. The molecule has 2 atom stereocenters. The number of aliphatic hydroxyl groups is 1. The van der Waals surface area contributed by atoms with Gasteiger partial charge in [-0.1, -0.05) is 12.6 Å². The maximum absolute atomic E-state index is 13.0. The van der Waals surface area contributed by atoms with Gasteiger partial charge < -0.3 is 20.2 Å². The highest BCUT2D eigenvalue weighted by Gasteiger charge is 2.28. The zero-order valence-electron chi connectivity index (χ0n) is 17.4. The Morgan fingerprint density at radius 3 is 2.62 bits per heavy atom. The van der Waals surface area contributed by atoms with E-state index < -0.39 is 12.3 Å². The summed E-state index contributed by atoms with van der Waals surface area (Å²) in [6.45, 7) is 10.2. The summed E-state index contributed by atoms with van der Waals surface area (Å²) in [6, 6.07) is 5.43. The lowest BCUT2D eigenvalue weighted by Gasteiger charge is -2.37. The van der Waals surface area contributed by atoms with Crippen LogP contribution in [0.5, 0.6) is 0 Å². The van der Waals surface area contributed by atoms with E-state index in [-0.39, 0.29) is 11.8 Å². The van der Waals surface area contributed by atoms with Crippen molar-refractivity contribution in [2.45, 2.75) is 45.4 Å². The summed E-state index contributed by atoms with van der Waals surface area (Å²) in [5.41, 5.74) is 0.974. The third-order valence-corrected chi connectivity index (χ3v) is 4.96. The Bertz CT molecular complexity index is 689. The van der Waals surface area contributed by atoms with E-state index >= 15 is 0 Å². The minimum atomic E-state index is -0.720. The number of nitrogens with zero attached hydrogens (tertiary/aromatic N) is 3. The number of aromatic nitrogens is 1. The predicted octanol–water partition coefficient (Wildman–Crippen LogP) is 0.808. The van der Waals surface area contributed by atoms with Crippen LogP contribution < -0.4 is 15.5 Å². The number of aliphatic hydroxyl groups excluding tert-OH is 1. The van der Waals surface area contributed by atoms with Crippen molar-refractivity contribution in [2.75, 3.05) is 37.6 Å². The minimum absolute atomic E-state index is 0.0314. The molecule has 29 heavy (non-hydrogen) atoms. The molecule has 3 N–H and O–H groups in total. The zero-order chi connectivity index (χ0) is 21.2. The van der Waals surface area contributed by atoms with E-state index in [9.17, 15) is 14.7 Å². The van der Waals surface area contributed by atoms with E-state index in [1.54, 1.807) is 0 Å². The summed E-state index contributed by atoms with van der Waals surface area (Å²) in [7, 11) is 0. The number of aryl methyl sites for hydroxylation is 1. The van der Waals surface area contributed by atoms with Crippen LogP contribution in [0.2, 0.25) is 0 Å². The van der Waals surface area contributed by atoms with Crippen LogP contribution in [0.1, 0.15) is 31.9 Å². The lowest BCUT2D eigenvalue weighted by molar-refractivity contribution is -0.136. The molecule has 2 heterocycles. The van der Waals surface area contributed by atoms with Crippen molar-refractivity contribution in [1.82, 2.24) is 20.5 Å². The Balaban J connectivity index is 1.84. The van der Waals surface area contributed by atoms with Crippen LogP contribution >= 0.6 is 0 Å². The molecule has 0 radical (unpaired) electrons. The van der Waals surface area contributed by atoms with Gasteiger partial charge in [0, 0.05) is 38.8 Å². The third-order valence-electron chi connectivity index (χ3n) is 4.96. The van der Waals surface area contributed by atoms with Gasteiger partial charge in [0.2, 0.25) is 11.8 Å². The Morgan fingerprint density at radius 1 is 1.28 bits per heavy atom. The molecule has 8 heteroatoms. The summed E-state index contributed by atoms with van der Waals surface area (Å²) in [6.07, 6.45) is 2.84. The fourth-order valence-electron chi connectivity index (χ4n) is 3.39. The lowest BCUT2D eigenvalue weighted by Crippen LogP contribution is -2.55. The number of anilines is 1. The van der Waals surface area contributed by atoms with Crippen molar-refractivity contribution in [3.63, 3.8) is 0 Å². The zero-order valence-corrected chi connectivity index (χ0v) is 17.4. The number of amides is 2. The molecule has 0 aliphatic carbocycles. The highest BCUT2D eigenvalue weighted by molar-refractivity contribution is 5.87. The molecular formula is C21H33N5O3. The summed E-state index contributed by atoms with van der Waals surface area (Å²) < 4.78 is 0. The highest BCUT2D eigenvalue weighted by Crippen LogP contribution is 2.15. The van der Waals surface area contributed by atoms with Crippen LogP contribution in [0.3, 0.4) is 0 Å². The molecule has 1 aromatic heterocycles. The SMILES string of the molecule is C=CC(O)NCCCCC(NC(C)=O)C(=O)N1CCN(c2cccc(C)n2)CC1. The van der Waals surface area contributed by atoms with Crippen LogP contribution in [0, 0.1) is 6.92 Å². The second-order valence-corrected chi connectivity index (χ2v) is 7.33. The summed E-state index contributed by atoms with van der Waals surface area (Å²) in [4.78, 5) is 33.1. The number of unbranched alkanes of at least 4 members (excludes halogenated alkanes) is 1. The van der Waals surface area contributed by atoms with Gasteiger partial charge in [-0.05, 0) is 50.9 Å². The first-order valence-corrected chi connectivity index (χ1v) is 10.2. The normalized spacial score (nSPS) is 16.2. The monoisotopic (exact) mass is 403 g/mol. The maximum Gasteiger partial charge on any atom is 0.245 e. The van der Waals surface area contributed by atoms with Gasteiger partial charge in [-0.2, -0.15) is 0 Å². The first-order chi connectivity index (χ1) is 13.9. The van der Waals surface area contributed by atoms with Crippen LogP contribution in [0.25, 0.3) is 0 Å². The molecule has 0 spiro atoms. The third kappa shape index (κ3) is 7.47. The van der Waals surface area contributed by atoms with E-state index in [4.69, 9.17) is 0 Å². The van der Waals surface area contributed by atoms with Crippen LogP contribution in [0.15, 0.2) is 30.9 Å². The number of carbonyl (C=O) groups is 2. The molecule has 2 rings (SSSR count). The van der Waals surface area contributed by atoms with Crippen molar-refractivity contribution in [3.05, 3.63) is 36.5 Å². The molecule has 1 saturated heterocycles. The Hall–Kier alpha value is -2.45. The fraction of sp³-hybridized carbons (Fsp3) is 0.571. The van der Waals surface area contributed by atoms with Crippen LogP contribution in [0.4, 0.5) is 5.82 Å². The number of hydrogen-bond acceptors (Lipinski definition) is 6. The smallest absolute Gasteiger partial charge is 0.245 e. The van der Waals surface area contributed by atoms with E-state index in [0.717, 1.165) is 37.4 Å². The van der Waals surface area contributed by atoms with Gasteiger partial charge >= 0.3 is 0 Å². The van der Waals surface area contributed by atoms with Gasteiger partial charge in [0.05, 0.1) is 0 Å². The number of rotatable bonds is 10. The topological polar surface area (TPSA) is 97.8 Å². The lowest BCUT2D eigenvalue weighted by atomic mass is 10.1. The Kier molecular flexibility index (Phi) is 9.08. The van der Waals surface area contributed by atoms with Crippen molar-refractivity contribution in [2.24, 2.45) is 0 Å². The largest absolute Gasteiger partial charge is 0.375 e. The summed E-state index contributed by atoms with van der Waals surface area (Å²) in [5, 5.41) is 15.1. The van der Waals surface area contributed by atoms with Gasteiger partial charge in [-0.3, -0.25) is 14.9 Å². The molecule has 0 aromatic carbocycles. The van der Waals surface area contributed by atoms with Crippen molar-refractivity contribution in [1.29, 1.82) is 0 Å². The van der Waals surface area contributed by atoms with Crippen molar-refractivity contribution >= 4 is 17.6 Å². The molecule has 2 unspecified atom stereocenters. The molecule has 160 valence electrons. The first-order valence-electron chi connectivity index (χ1n) is 10.2. The molecule has 1 aromatic rings. The number of hydrogen-bond donors (Lipinski definition) is 3. The Morgan fingerprint density at radius 2 is 2.00 bits per heavy atom. The quantitative estimate of drug-likeness (QED) is 0.304. The second kappa shape index (κ2) is 11.5. The van der Waals surface area contributed by atoms with Gasteiger partial charge in [0.1, 0.15) is 18.1 Å². The molecule has 0 bridgehead atoms. The summed E-state index contributed by atoms with van der Waals surface area (Å²) >= 11 is 0. The van der Waals surface area contributed by atoms with Gasteiger partial charge in [-0.25, -0.2) is 4.98 Å². The molecule has 1 aliphatic rings. The Labute approximate surface area is 173 Å². The van der Waals surface area contributed by atoms with E-state index in [0.29, 0.717) is 26.1 Å². The predicted molar refractivity (Wildman–Crippen MR) is 113 cm³/mol. The van der Waals surface area contributed by atoms with E-state index in [2.05, 4.69) is 27.1 Å². The van der Waals surface area contributed by atoms with Crippen molar-refractivity contribution in [3.8, 4) is 0 Å². The molecule has 8 nitrogen and oxygen atoms in total. The molecule has 2 amide bonds. The van der Waals surface area contributed by atoms with Gasteiger partial charge in [0.15, 0.2) is 0 Å². The maximum atomic E-state index is 13.0. The standard InChI is InChI=1S/C21H33N5O3/c1-4-20(28)22-11-6-5-9-18(24-17(3)27)21(29)26-14-12-25(13-15-26)19-10-7-8-16(2)23-19/h4,7-8,10,18,20,22,28H,1,5-6,9,11-15H2,2-3H3,(H,24,27).